The van der Waals surface area contributed by atoms with Crippen LogP contribution in [0.2, 0.25) is 0 Å². The van der Waals surface area contributed by atoms with Crippen molar-refractivity contribution in [3.63, 3.8) is 0 Å². The molecule has 2 N–H and O–H groups in total. The Balaban J connectivity index is 1.38. The van der Waals surface area contributed by atoms with Crippen molar-refractivity contribution in [3.8, 4) is 11.3 Å². The van der Waals surface area contributed by atoms with Crippen molar-refractivity contribution in [2.45, 2.75) is 38.9 Å². The van der Waals surface area contributed by atoms with Gasteiger partial charge in [0, 0.05) is 36.3 Å². The smallest absolute Gasteiger partial charge is 0.239 e. The van der Waals surface area contributed by atoms with E-state index in [-0.39, 0.29) is 5.91 Å². The molecule has 0 bridgehead atoms. The number of hydrogen-bond acceptors (Lipinski definition) is 6. The van der Waals surface area contributed by atoms with Gasteiger partial charge in [-0.05, 0) is 38.4 Å². The molecule has 2 aliphatic heterocycles. The summed E-state index contributed by atoms with van der Waals surface area (Å²) in [6.07, 6.45) is 7.80. The highest BCUT2D eigenvalue weighted by molar-refractivity contribution is 5.93. The Labute approximate surface area is 169 Å². The molecule has 0 spiro atoms. The van der Waals surface area contributed by atoms with Crippen molar-refractivity contribution in [1.29, 1.82) is 0 Å². The zero-order valence-corrected chi connectivity index (χ0v) is 16.6. The van der Waals surface area contributed by atoms with Crippen LogP contribution in [0.4, 0.5) is 5.82 Å². The van der Waals surface area contributed by atoms with E-state index >= 15 is 0 Å². The first kappa shape index (κ1) is 18.2. The van der Waals surface area contributed by atoms with Crippen molar-refractivity contribution in [3.05, 3.63) is 36.5 Å². The predicted octanol–water partition coefficient (Wildman–Crippen LogP) is 2.02. The van der Waals surface area contributed by atoms with Crippen LogP contribution in [0.25, 0.3) is 22.2 Å². The summed E-state index contributed by atoms with van der Waals surface area (Å²) >= 11 is 0. The number of imidazole rings is 1. The Morgan fingerprint density at radius 1 is 1.21 bits per heavy atom. The van der Waals surface area contributed by atoms with E-state index in [1.165, 1.54) is 0 Å². The van der Waals surface area contributed by atoms with Gasteiger partial charge in [-0.2, -0.15) is 0 Å². The molecule has 8 heteroatoms. The van der Waals surface area contributed by atoms with E-state index in [4.69, 9.17) is 0 Å². The number of carbonyl (C=O) groups is 1. The van der Waals surface area contributed by atoms with Crippen LogP contribution >= 0.6 is 0 Å². The molecular weight excluding hydrogens is 366 g/mol. The quantitative estimate of drug-likeness (QED) is 0.708. The van der Waals surface area contributed by atoms with Gasteiger partial charge in [0.05, 0.1) is 36.7 Å². The first-order valence-electron chi connectivity index (χ1n) is 10.2. The molecule has 0 aromatic carbocycles. The third kappa shape index (κ3) is 3.61. The fourth-order valence-corrected chi connectivity index (χ4v) is 4.26. The molecule has 1 unspecified atom stereocenters. The summed E-state index contributed by atoms with van der Waals surface area (Å²) in [5.74, 6) is 1.59. The average Bonchev–Trinajstić information content (AvgIpc) is 3.34. The average molecular weight is 391 g/mol. The molecule has 29 heavy (non-hydrogen) atoms. The van der Waals surface area contributed by atoms with E-state index in [1.807, 2.05) is 18.5 Å². The summed E-state index contributed by atoms with van der Waals surface area (Å²) in [6.45, 7) is 6.19. The normalized spacial score (nSPS) is 19.4. The number of pyridine rings is 2. The first-order valence-corrected chi connectivity index (χ1v) is 10.2. The molecule has 8 nitrogen and oxygen atoms in total. The molecule has 0 saturated carbocycles. The van der Waals surface area contributed by atoms with Gasteiger partial charge in [-0.25, -0.2) is 9.97 Å². The van der Waals surface area contributed by atoms with Crippen LogP contribution in [0.3, 0.4) is 0 Å². The van der Waals surface area contributed by atoms with E-state index in [0.29, 0.717) is 18.4 Å². The second-order valence-electron chi connectivity index (χ2n) is 7.88. The number of aromatic nitrogens is 4. The molecule has 5 heterocycles. The number of nitrogens with one attached hydrogen (secondary N) is 2. The maximum Gasteiger partial charge on any atom is 0.239 e. The molecule has 1 atom stereocenters. The largest absolute Gasteiger partial charge is 0.326 e. The molecule has 0 aliphatic carbocycles. The van der Waals surface area contributed by atoms with E-state index < -0.39 is 0 Å². The second-order valence-corrected chi connectivity index (χ2v) is 7.88. The monoisotopic (exact) mass is 391 g/mol. The van der Waals surface area contributed by atoms with E-state index in [1.54, 1.807) is 6.20 Å². The predicted molar refractivity (Wildman–Crippen MR) is 111 cm³/mol. The van der Waals surface area contributed by atoms with Crippen molar-refractivity contribution >= 4 is 22.6 Å². The van der Waals surface area contributed by atoms with Crippen LogP contribution in [0, 0.1) is 0 Å². The van der Waals surface area contributed by atoms with Crippen LogP contribution < -0.4 is 10.6 Å². The summed E-state index contributed by atoms with van der Waals surface area (Å²) in [5.41, 5.74) is 2.90. The van der Waals surface area contributed by atoms with Crippen LogP contribution in [-0.4, -0.2) is 56.0 Å². The minimum Gasteiger partial charge on any atom is -0.326 e. The van der Waals surface area contributed by atoms with Gasteiger partial charge >= 0.3 is 0 Å². The number of nitrogens with zero attached hydrogens (tertiary/aromatic N) is 5. The molecule has 1 fully saturated rings. The van der Waals surface area contributed by atoms with Crippen LogP contribution in [-0.2, 0) is 17.9 Å². The summed E-state index contributed by atoms with van der Waals surface area (Å²) in [4.78, 5) is 28.1. The molecule has 2 aliphatic rings. The highest BCUT2D eigenvalue weighted by Gasteiger charge is 2.22. The topological polar surface area (TPSA) is 88.0 Å². The molecular formula is C21H25N7O. The number of carbonyl (C=O) groups excluding carboxylic acids is 1. The maximum absolute atomic E-state index is 12.4. The Bertz CT molecular complexity index is 1060. The van der Waals surface area contributed by atoms with E-state index in [0.717, 1.165) is 67.0 Å². The van der Waals surface area contributed by atoms with Gasteiger partial charge in [-0.3, -0.25) is 14.7 Å². The lowest BCUT2D eigenvalue weighted by atomic mass is 10.1. The van der Waals surface area contributed by atoms with Gasteiger partial charge in [0.1, 0.15) is 11.6 Å². The lowest BCUT2D eigenvalue weighted by Crippen LogP contribution is -2.35. The Hall–Kier alpha value is -2.84. The molecule has 3 aromatic rings. The Morgan fingerprint density at radius 3 is 3.00 bits per heavy atom. The summed E-state index contributed by atoms with van der Waals surface area (Å²) in [7, 11) is 0. The maximum atomic E-state index is 12.4. The minimum atomic E-state index is -0.0212. The van der Waals surface area contributed by atoms with E-state index in [2.05, 4.69) is 48.0 Å². The molecule has 150 valence electrons. The lowest BCUT2D eigenvalue weighted by Gasteiger charge is -2.20. The zero-order chi connectivity index (χ0) is 19.8. The zero-order valence-electron chi connectivity index (χ0n) is 16.6. The number of amides is 1. The SMILES string of the molecule is CC1CCCN1CC(=O)Nc1cc2cc(-c3cnc4n3CCNC4)cnc2cn1. The highest BCUT2D eigenvalue weighted by atomic mass is 16.2. The number of anilines is 1. The summed E-state index contributed by atoms with van der Waals surface area (Å²) in [5, 5.41) is 7.23. The number of fused-ring (bicyclic) bond motifs is 2. The van der Waals surface area contributed by atoms with Gasteiger partial charge in [-0.15, -0.1) is 0 Å². The molecule has 1 amide bonds. The molecule has 0 radical (unpaired) electrons. The molecule has 3 aromatic heterocycles. The van der Waals surface area contributed by atoms with Crippen LogP contribution in [0.15, 0.2) is 30.7 Å². The van der Waals surface area contributed by atoms with Crippen LogP contribution in [0.1, 0.15) is 25.6 Å². The standard InChI is InChI=1S/C21H25N7O/c1-14-3-2-5-27(14)13-21(29)26-19-8-15-7-16(9-23-17(15)10-24-19)18-11-25-20-12-22-4-6-28(18)20/h7-11,14,22H,2-6,12-13H2,1H3,(H,24,26,29). The number of rotatable bonds is 4. The van der Waals surface area contributed by atoms with Crippen molar-refractivity contribution in [1.82, 2.24) is 29.7 Å². The van der Waals surface area contributed by atoms with Crippen molar-refractivity contribution in [2.75, 3.05) is 25.0 Å². The summed E-state index contributed by atoms with van der Waals surface area (Å²) < 4.78 is 2.24. The number of likely N-dealkylation sites (tertiary alicyclic amines) is 1. The van der Waals surface area contributed by atoms with Gasteiger partial charge in [0.2, 0.25) is 5.91 Å². The highest BCUT2D eigenvalue weighted by Crippen LogP contribution is 2.25. The third-order valence-corrected chi connectivity index (χ3v) is 5.90. The first-order chi connectivity index (χ1) is 14.2. The van der Waals surface area contributed by atoms with Gasteiger partial charge in [0.25, 0.3) is 0 Å². The third-order valence-electron chi connectivity index (χ3n) is 5.90. The van der Waals surface area contributed by atoms with Gasteiger partial charge in [-0.1, -0.05) is 0 Å². The Morgan fingerprint density at radius 2 is 2.14 bits per heavy atom. The van der Waals surface area contributed by atoms with Crippen LogP contribution in [0.5, 0.6) is 0 Å². The van der Waals surface area contributed by atoms with E-state index in [9.17, 15) is 4.79 Å². The number of hydrogen-bond donors (Lipinski definition) is 2. The second kappa shape index (κ2) is 7.53. The Kier molecular flexibility index (Phi) is 4.73. The van der Waals surface area contributed by atoms with Gasteiger partial charge in [0.15, 0.2) is 0 Å². The molecule has 5 rings (SSSR count). The van der Waals surface area contributed by atoms with Crippen molar-refractivity contribution < 1.29 is 4.79 Å². The fourth-order valence-electron chi connectivity index (χ4n) is 4.26. The molecule has 1 saturated heterocycles. The fraction of sp³-hybridized carbons (Fsp3) is 0.429. The van der Waals surface area contributed by atoms with Gasteiger partial charge < -0.3 is 15.2 Å². The lowest BCUT2D eigenvalue weighted by molar-refractivity contribution is -0.117. The van der Waals surface area contributed by atoms with Crippen molar-refractivity contribution in [2.24, 2.45) is 0 Å². The minimum absolute atomic E-state index is 0.0212. The summed E-state index contributed by atoms with van der Waals surface area (Å²) in [6, 6.07) is 4.45.